The van der Waals surface area contributed by atoms with Crippen LogP contribution in [0.25, 0.3) is 11.1 Å². The van der Waals surface area contributed by atoms with Crippen molar-refractivity contribution >= 4 is 21.9 Å². The van der Waals surface area contributed by atoms with Crippen molar-refractivity contribution < 1.29 is 22.8 Å². The Kier molecular flexibility index (Phi) is 5.00. The number of sulfonamides is 1. The van der Waals surface area contributed by atoms with Gasteiger partial charge in [0, 0.05) is 11.1 Å². The van der Waals surface area contributed by atoms with E-state index in [1.54, 1.807) is 56.3 Å². The van der Waals surface area contributed by atoms with Gasteiger partial charge in [0.2, 0.25) is 5.88 Å². The summed E-state index contributed by atoms with van der Waals surface area (Å²) in [5, 5.41) is 12.9. The molecule has 140 valence electrons. The molecule has 0 saturated carbocycles. The molecule has 0 radical (unpaired) electrons. The second-order valence-corrected chi connectivity index (χ2v) is 7.70. The fourth-order valence-electron chi connectivity index (χ4n) is 2.71. The minimum Gasteiger partial charge on any atom is -0.481 e. The van der Waals surface area contributed by atoms with E-state index in [1.165, 1.54) is 6.07 Å². The molecule has 27 heavy (non-hydrogen) atoms. The summed E-state index contributed by atoms with van der Waals surface area (Å²) in [5.41, 5.74) is 2.68. The van der Waals surface area contributed by atoms with Gasteiger partial charge in [-0.05, 0) is 31.0 Å². The highest BCUT2D eigenvalue weighted by molar-refractivity contribution is 7.92. The first kappa shape index (κ1) is 18.7. The monoisotopic (exact) mass is 386 g/mol. The number of aliphatic carboxylic acids is 1. The Labute approximate surface area is 156 Å². The molecule has 2 N–H and O–H groups in total. The lowest BCUT2D eigenvalue weighted by molar-refractivity contribution is -0.136. The number of benzene rings is 2. The summed E-state index contributed by atoms with van der Waals surface area (Å²) in [7, 11) is -3.98. The Bertz CT molecular complexity index is 1100. The quantitative estimate of drug-likeness (QED) is 0.672. The zero-order valence-electron chi connectivity index (χ0n) is 14.8. The highest BCUT2D eigenvalue weighted by atomic mass is 32.2. The van der Waals surface area contributed by atoms with E-state index in [4.69, 9.17) is 9.63 Å². The van der Waals surface area contributed by atoms with Crippen LogP contribution in [-0.4, -0.2) is 24.7 Å². The van der Waals surface area contributed by atoms with E-state index in [0.29, 0.717) is 27.9 Å². The summed E-state index contributed by atoms with van der Waals surface area (Å²) in [5.74, 6) is -0.935. The first-order valence-electron chi connectivity index (χ1n) is 8.14. The Balaban J connectivity index is 2.10. The SMILES string of the molecule is Cc1noc(NS(=O)(=O)c2ccccc2-c2ccccc2CC(=O)O)c1C. The number of carbonyl (C=O) groups is 1. The molecule has 0 fully saturated rings. The van der Waals surface area contributed by atoms with Crippen molar-refractivity contribution in [1.82, 2.24) is 5.16 Å². The van der Waals surface area contributed by atoms with Gasteiger partial charge >= 0.3 is 5.97 Å². The summed E-state index contributed by atoms with van der Waals surface area (Å²) < 4.78 is 33.4. The predicted octanol–water partition coefficient (Wildman–Crippen LogP) is 3.39. The summed E-state index contributed by atoms with van der Waals surface area (Å²) in [6.07, 6.45) is -0.210. The topological polar surface area (TPSA) is 110 Å². The van der Waals surface area contributed by atoms with Crippen LogP contribution in [0.1, 0.15) is 16.8 Å². The maximum absolute atomic E-state index is 13.0. The standard InChI is InChI=1S/C19H18N2O5S/c1-12-13(2)20-26-19(12)21-27(24,25)17-10-6-5-9-16(17)15-8-4-3-7-14(15)11-18(22)23/h3-10,21H,11H2,1-2H3,(H,22,23). The molecule has 3 rings (SSSR count). The first-order valence-corrected chi connectivity index (χ1v) is 9.62. The van der Waals surface area contributed by atoms with Crippen LogP contribution in [0.15, 0.2) is 57.9 Å². The van der Waals surface area contributed by atoms with Gasteiger partial charge in [-0.25, -0.2) is 13.1 Å². The molecule has 1 aromatic heterocycles. The number of anilines is 1. The number of rotatable bonds is 6. The minimum atomic E-state index is -3.98. The number of hydrogen-bond acceptors (Lipinski definition) is 5. The van der Waals surface area contributed by atoms with Gasteiger partial charge in [0.05, 0.1) is 17.0 Å². The average Bonchev–Trinajstić information content (AvgIpc) is 2.93. The van der Waals surface area contributed by atoms with Crippen LogP contribution in [0.3, 0.4) is 0 Å². The molecule has 0 spiro atoms. The molecule has 3 aromatic rings. The predicted molar refractivity (Wildman–Crippen MR) is 100 cm³/mol. The van der Waals surface area contributed by atoms with E-state index in [1.807, 2.05) is 0 Å². The van der Waals surface area contributed by atoms with Crippen LogP contribution in [0.4, 0.5) is 5.88 Å². The number of nitrogens with zero attached hydrogens (tertiary/aromatic N) is 1. The molecule has 2 aromatic carbocycles. The third kappa shape index (κ3) is 3.85. The van der Waals surface area contributed by atoms with Gasteiger partial charge < -0.3 is 9.63 Å². The largest absolute Gasteiger partial charge is 0.481 e. The molecular formula is C19H18N2O5S. The van der Waals surface area contributed by atoms with Gasteiger partial charge in [-0.15, -0.1) is 0 Å². The van der Waals surface area contributed by atoms with Crippen LogP contribution in [0.5, 0.6) is 0 Å². The molecule has 0 aliphatic rings. The summed E-state index contributed by atoms with van der Waals surface area (Å²) in [6, 6.07) is 13.3. The summed E-state index contributed by atoms with van der Waals surface area (Å²) >= 11 is 0. The van der Waals surface area contributed by atoms with E-state index >= 15 is 0 Å². The van der Waals surface area contributed by atoms with Gasteiger partial charge in [-0.3, -0.25) is 4.79 Å². The third-order valence-electron chi connectivity index (χ3n) is 4.21. The van der Waals surface area contributed by atoms with Crippen LogP contribution >= 0.6 is 0 Å². The summed E-state index contributed by atoms with van der Waals surface area (Å²) in [4.78, 5) is 11.2. The highest BCUT2D eigenvalue weighted by Crippen LogP contribution is 2.32. The molecule has 0 amide bonds. The van der Waals surface area contributed by atoms with Crippen molar-refractivity contribution in [3.8, 4) is 11.1 Å². The lowest BCUT2D eigenvalue weighted by Gasteiger charge is -2.14. The zero-order chi connectivity index (χ0) is 19.6. The second-order valence-electron chi connectivity index (χ2n) is 6.05. The number of aromatic nitrogens is 1. The first-order chi connectivity index (χ1) is 12.8. The van der Waals surface area contributed by atoms with Gasteiger partial charge in [-0.1, -0.05) is 47.6 Å². The van der Waals surface area contributed by atoms with Gasteiger partial charge in [0.1, 0.15) is 0 Å². The van der Waals surface area contributed by atoms with Crippen LogP contribution < -0.4 is 4.72 Å². The maximum atomic E-state index is 13.0. The van der Waals surface area contributed by atoms with E-state index < -0.39 is 16.0 Å². The minimum absolute atomic E-state index is 0.0243. The van der Waals surface area contributed by atoms with Crippen LogP contribution in [-0.2, 0) is 21.2 Å². The Hall–Kier alpha value is -3.13. The molecule has 0 bridgehead atoms. The lowest BCUT2D eigenvalue weighted by atomic mass is 9.98. The van der Waals surface area contributed by atoms with Crippen molar-refractivity contribution in [2.45, 2.75) is 25.2 Å². The Morgan fingerprint density at radius 1 is 1.07 bits per heavy atom. The van der Waals surface area contributed by atoms with Crippen LogP contribution in [0, 0.1) is 13.8 Å². The van der Waals surface area contributed by atoms with E-state index in [0.717, 1.165) is 0 Å². The number of aryl methyl sites for hydroxylation is 1. The normalized spacial score (nSPS) is 11.3. The zero-order valence-corrected chi connectivity index (χ0v) is 15.6. The van der Waals surface area contributed by atoms with Gasteiger partial charge in [0.25, 0.3) is 10.0 Å². The average molecular weight is 386 g/mol. The molecule has 0 aliphatic heterocycles. The molecule has 0 saturated heterocycles. The lowest BCUT2D eigenvalue weighted by Crippen LogP contribution is -2.14. The number of nitrogens with one attached hydrogen (secondary N) is 1. The smallest absolute Gasteiger partial charge is 0.307 e. The molecular weight excluding hydrogens is 368 g/mol. The number of carboxylic acid groups (broad SMARTS) is 1. The van der Waals surface area contributed by atoms with Gasteiger partial charge in [0.15, 0.2) is 0 Å². The summed E-state index contributed by atoms with van der Waals surface area (Å²) in [6.45, 7) is 3.42. The van der Waals surface area contributed by atoms with Crippen molar-refractivity contribution in [3.05, 3.63) is 65.4 Å². The third-order valence-corrected chi connectivity index (χ3v) is 5.60. The molecule has 1 heterocycles. The number of carboxylic acids is 1. The highest BCUT2D eigenvalue weighted by Gasteiger charge is 2.23. The molecule has 7 nitrogen and oxygen atoms in total. The van der Waals surface area contributed by atoms with Gasteiger partial charge in [-0.2, -0.15) is 0 Å². The van der Waals surface area contributed by atoms with Crippen LogP contribution in [0.2, 0.25) is 0 Å². The second kappa shape index (κ2) is 7.24. The number of hydrogen-bond donors (Lipinski definition) is 2. The molecule has 0 aliphatic carbocycles. The molecule has 0 unspecified atom stereocenters. The van der Waals surface area contributed by atoms with E-state index in [-0.39, 0.29) is 17.2 Å². The Morgan fingerprint density at radius 2 is 1.70 bits per heavy atom. The molecule has 0 atom stereocenters. The maximum Gasteiger partial charge on any atom is 0.307 e. The molecule has 8 heteroatoms. The van der Waals surface area contributed by atoms with Crippen molar-refractivity contribution in [3.63, 3.8) is 0 Å². The van der Waals surface area contributed by atoms with E-state index in [2.05, 4.69) is 9.88 Å². The fraction of sp³-hybridized carbons (Fsp3) is 0.158. The van der Waals surface area contributed by atoms with E-state index in [9.17, 15) is 13.2 Å². The van der Waals surface area contributed by atoms with Crippen molar-refractivity contribution in [2.75, 3.05) is 4.72 Å². The Morgan fingerprint density at radius 3 is 2.33 bits per heavy atom. The fourth-order valence-corrected chi connectivity index (χ4v) is 3.98. The van der Waals surface area contributed by atoms with Crippen molar-refractivity contribution in [1.29, 1.82) is 0 Å². The van der Waals surface area contributed by atoms with Crippen molar-refractivity contribution in [2.24, 2.45) is 0 Å².